The Bertz CT molecular complexity index is 1050. The highest BCUT2D eigenvalue weighted by molar-refractivity contribution is 6.16. The molecular formula is C22H20N2O6. The second-order valence-electron chi connectivity index (χ2n) is 6.60. The van der Waals surface area contributed by atoms with Gasteiger partial charge in [-0.1, -0.05) is 12.1 Å². The van der Waals surface area contributed by atoms with E-state index in [0.717, 1.165) is 5.56 Å². The van der Waals surface area contributed by atoms with Crippen LogP contribution < -0.4 is 4.74 Å². The van der Waals surface area contributed by atoms with Crippen LogP contribution in [0.15, 0.2) is 65.4 Å². The number of nitrogens with zero attached hydrogens (tertiary/aromatic N) is 2. The number of carbonyl (C=O) groups is 2. The number of nitro groups is 1. The van der Waals surface area contributed by atoms with Crippen LogP contribution in [0, 0.1) is 10.1 Å². The highest BCUT2D eigenvalue weighted by Crippen LogP contribution is 2.33. The molecule has 8 nitrogen and oxygen atoms in total. The summed E-state index contributed by atoms with van der Waals surface area (Å²) < 4.78 is 10.0. The summed E-state index contributed by atoms with van der Waals surface area (Å²) in [4.78, 5) is 37.4. The maximum absolute atomic E-state index is 13.1. The van der Waals surface area contributed by atoms with E-state index < -0.39 is 10.9 Å². The minimum absolute atomic E-state index is 0.0593. The number of methoxy groups -OCH3 is 2. The summed E-state index contributed by atoms with van der Waals surface area (Å²) in [7, 11) is 2.83. The van der Waals surface area contributed by atoms with E-state index >= 15 is 0 Å². The molecule has 8 heteroatoms. The first kappa shape index (κ1) is 20.8. The van der Waals surface area contributed by atoms with E-state index in [1.807, 2.05) is 12.1 Å². The molecule has 0 fully saturated rings. The third-order valence-corrected chi connectivity index (χ3v) is 4.82. The van der Waals surface area contributed by atoms with Crippen molar-refractivity contribution in [3.63, 3.8) is 0 Å². The van der Waals surface area contributed by atoms with Gasteiger partial charge < -0.3 is 14.4 Å². The van der Waals surface area contributed by atoms with Crippen LogP contribution in [0.2, 0.25) is 0 Å². The van der Waals surface area contributed by atoms with E-state index in [4.69, 9.17) is 9.47 Å². The summed E-state index contributed by atoms with van der Waals surface area (Å²) >= 11 is 0. The summed E-state index contributed by atoms with van der Waals surface area (Å²) in [5.74, 6) is -0.263. The standard InChI is InChI=1S/C22H20N2O6/c1-14-20(22(26)30-3)19(12-15-4-8-17(9-5-15)24(27)28)21(25)23(14)13-16-6-10-18(29-2)11-7-16/h4-12H,13H2,1-3H3/b19-12+. The number of esters is 1. The molecule has 2 aromatic rings. The van der Waals surface area contributed by atoms with Gasteiger partial charge in [0.2, 0.25) is 0 Å². The molecule has 0 spiro atoms. The molecule has 0 radical (unpaired) electrons. The molecule has 30 heavy (non-hydrogen) atoms. The van der Waals surface area contributed by atoms with Crippen molar-refractivity contribution in [2.24, 2.45) is 0 Å². The first-order chi connectivity index (χ1) is 14.3. The van der Waals surface area contributed by atoms with Gasteiger partial charge in [0, 0.05) is 17.8 Å². The predicted octanol–water partition coefficient (Wildman–Crippen LogP) is 3.48. The number of hydrogen-bond acceptors (Lipinski definition) is 6. The van der Waals surface area contributed by atoms with E-state index in [0.29, 0.717) is 17.0 Å². The van der Waals surface area contributed by atoms with Crippen LogP contribution in [0.25, 0.3) is 6.08 Å². The molecule has 0 saturated carbocycles. The lowest BCUT2D eigenvalue weighted by Crippen LogP contribution is -2.24. The van der Waals surface area contributed by atoms with E-state index in [-0.39, 0.29) is 29.3 Å². The number of benzene rings is 2. The molecule has 0 saturated heterocycles. The number of rotatable bonds is 6. The maximum atomic E-state index is 13.1. The van der Waals surface area contributed by atoms with Gasteiger partial charge >= 0.3 is 5.97 Å². The number of hydrogen-bond donors (Lipinski definition) is 0. The maximum Gasteiger partial charge on any atom is 0.340 e. The van der Waals surface area contributed by atoms with Gasteiger partial charge in [-0.25, -0.2) is 4.79 Å². The molecule has 0 aromatic heterocycles. The number of allylic oxidation sites excluding steroid dienone is 1. The van der Waals surface area contributed by atoms with Crippen LogP contribution in [0.4, 0.5) is 5.69 Å². The van der Waals surface area contributed by atoms with Crippen molar-refractivity contribution in [1.82, 2.24) is 4.90 Å². The second-order valence-corrected chi connectivity index (χ2v) is 6.60. The average molecular weight is 408 g/mol. The molecule has 0 N–H and O–H groups in total. The normalized spacial score (nSPS) is 15.0. The Morgan fingerprint density at radius 2 is 1.73 bits per heavy atom. The van der Waals surface area contributed by atoms with Crippen molar-refractivity contribution in [3.8, 4) is 5.75 Å². The Hall–Kier alpha value is -3.94. The first-order valence-corrected chi connectivity index (χ1v) is 9.06. The van der Waals surface area contributed by atoms with E-state index in [1.54, 1.807) is 26.2 Å². The van der Waals surface area contributed by atoms with Crippen molar-refractivity contribution in [2.75, 3.05) is 14.2 Å². The summed E-state index contributed by atoms with van der Waals surface area (Å²) in [5.41, 5.74) is 2.21. The van der Waals surface area contributed by atoms with Crippen LogP contribution in [0.3, 0.4) is 0 Å². The van der Waals surface area contributed by atoms with Gasteiger partial charge in [0.1, 0.15) is 5.75 Å². The lowest BCUT2D eigenvalue weighted by Gasteiger charge is -2.18. The van der Waals surface area contributed by atoms with Crippen LogP contribution >= 0.6 is 0 Å². The first-order valence-electron chi connectivity index (χ1n) is 9.06. The third-order valence-electron chi connectivity index (χ3n) is 4.82. The van der Waals surface area contributed by atoms with Crippen molar-refractivity contribution in [3.05, 3.63) is 86.6 Å². The van der Waals surface area contributed by atoms with E-state index in [2.05, 4.69) is 0 Å². The zero-order valence-electron chi connectivity index (χ0n) is 16.7. The highest BCUT2D eigenvalue weighted by Gasteiger charge is 2.37. The zero-order chi connectivity index (χ0) is 21.8. The Morgan fingerprint density at radius 3 is 2.27 bits per heavy atom. The number of amides is 1. The average Bonchev–Trinajstić information content (AvgIpc) is 2.98. The molecule has 0 atom stereocenters. The van der Waals surface area contributed by atoms with Gasteiger partial charge in [0.25, 0.3) is 11.6 Å². The van der Waals surface area contributed by atoms with Crippen molar-refractivity contribution >= 4 is 23.6 Å². The summed E-state index contributed by atoms with van der Waals surface area (Å²) in [5, 5.41) is 10.8. The Kier molecular flexibility index (Phi) is 5.96. The summed E-state index contributed by atoms with van der Waals surface area (Å²) in [6.45, 7) is 1.96. The number of non-ortho nitro benzene ring substituents is 1. The van der Waals surface area contributed by atoms with Crippen LogP contribution in [0.1, 0.15) is 18.1 Å². The van der Waals surface area contributed by atoms with Gasteiger partial charge in [-0.05, 0) is 48.4 Å². The highest BCUT2D eigenvalue weighted by atomic mass is 16.6. The molecule has 1 heterocycles. The molecule has 1 aliphatic rings. The monoisotopic (exact) mass is 408 g/mol. The fourth-order valence-corrected chi connectivity index (χ4v) is 3.19. The van der Waals surface area contributed by atoms with Gasteiger partial charge in [-0.2, -0.15) is 0 Å². The predicted molar refractivity (Wildman–Crippen MR) is 109 cm³/mol. The van der Waals surface area contributed by atoms with Gasteiger partial charge in [0.05, 0.1) is 36.8 Å². The van der Waals surface area contributed by atoms with E-state index in [1.165, 1.54) is 42.4 Å². The lowest BCUT2D eigenvalue weighted by atomic mass is 10.0. The Labute approximate surface area is 173 Å². The smallest absolute Gasteiger partial charge is 0.340 e. The molecule has 1 amide bonds. The zero-order valence-corrected chi connectivity index (χ0v) is 16.7. The number of carbonyl (C=O) groups excluding carboxylic acids is 2. The molecule has 2 aromatic carbocycles. The minimum atomic E-state index is -0.619. The molecule has 0 bridgehead atoms. The fraction of sp³-hybridized carbons (Fsp3) is 0.182. The molecule has 1 aliphatic heterocycles. The summed E-state index contributed by atoms with van der Waals surface area (Å²) in [6, 6.07) is 13.0. The molecule has 154 valence electrons. The largest absolute Gasteiger partial charge is 0.497 e. The molecular weight excluding hydrogens is 388 g/mol. The molecule has 3 rings (SSSR count). The number of nitro benzene ring substituents is 1. The Balaban J connectivity index is 1.97. The van der Waals surface area contributed by atoms with E-state index in [9.17, 15) is 19.7 Å². The molecule has 0 aliphatic carbocycles. The van der Waals surface area contributed by atoms with Crippen molar-refractivity contribution in [2.45, 2.75) is 13.5 Å². The quantitative estimate of drug-likeness (QED) is 0.314. The minimum Gasteiger partial charge on any atom is -0.497 e. The van der Waals surface area contributed by atoms with Gasteiger partial charge in [0.15, 0.2) is 0 Å². The fourth-order valence-electron chi connectivity index (χ4n) is 3.19. The van der Waals surface area contributed by atoms with Gasteiger partial charge in [-0.3, -0.25) is 14.9 Å². The SMILES string of the molecule is COC(=O)C1=C(C)N(Cc2ccc(OC)cc2)C(=O)/C1=C/c1ccc([N+](=O)[O-])cc1. The summed E-state index contributed by atoms with van der Waals surface area (Å²) in [6.07, 6.45) is 1.54. The molecule has 0 unspecified atom stereocenters. The topological polar surface area (TPSA) is 99.0 Å². The number of ether oxygens (including phenoxy) is 2. The van der Waals surface area contributed by atoms with Crippen molar-refractivity contribution < 1.29 is 24.0 Å². The van der Waals surface area contributed by atoms with Crippen LogP contribution in [-0.2, 0) is 20.9 Å². The van der Waals surface area contributed by atoms with Gasteiger partial charge in [-0.15, -0.1) is 0 Å². The second kappa shape index (κ2) is 8.60. The van der Waals surface area contributed by atoms with Crippen LogP contribution in [0.5, 0.6) is 5.75 Å². The van der Waals surface area contributed by atoms with Crippen molar-refractivity contribution in [1.29, 1.82) is 0 Å². The van der Waals surface area contributed by atoms with Crippen LogP contribution in [-0.4, -0.2) is 35.9 Å². The lowest BCUT2D eigenvalue weighted by molar-refractivity contribution is -0.384. The third kappa shape index (κ3) is 4.07. The Morgan fingerprint density at radius 1 is 1.10 bits per heavy atom.